The molecule has 1 aliphatic heterocycles. The van der Waals surface area contributed by atoms with Gasteiger partial charge in [-0.25, -0.2) is 0 Å². The Bertz CT molecular complexity index is 592. The summed E-state index contributed by atoms with van der Waals surface area (Å²) in [6.07, 6.45) is -0.928. The second kappa shape index (κ2) is 5.56. The number of likely N-dealkylation sites (N-methyl/N-ethyl adjacent to an activating group) is 1. The summed E-state index contributed by atoms with van der Waals surface area (Å²) in [5.74, 6) is 0.591. The summed E-state index contributed by atoms with van der Waals surface area (Å²) >= 11 is 0. The largest absolute Gasteiger partial charge is 0.458 e. The minimum absolute atomic E-state index is 0.217. The molecule has 0 saturated carbocycles. The van der Waals surface area contributed by atoms with E-state index < -0.39 is 6.10 Å². The van der Waals surface area contributed by atoms with Gasteiger partial charge >= 0.3 is 0 Å². The van der Waals surface area contributed by atoms with Crippen molar-refractivity contribution in [2.24, 2.45) is 0 Å². The van der Waals surface area contributed by atoms with Crippen LogP contribution in [0.5, 0.6) is 0 Å². The third-order valence-corrected chi connectivity index (χ3v) is 3.96. The quantitative estimate of drug-likeness (QED) is 0.935. The summed E-state index contributed by atoms with van der Waals surface area (Å²) < 4.78 is 11.5. The first-order chi connectivity index (χ1) is 9.67. The number of aliphatic hydroxyl groups excluding tert-OH is 1. The van der Waals surface area contributed by atoms with Crippen LogP contribution in [0.4, 0.5) is 0 Å². The molecule has 1 aliphatic rings. The predicted molar refractivity (Wildman–Crippen MR) is 77.8 cm³/mol. The molecule has 1 fully saturated rings. The molecule has 4 nitrogen and oxygen atoms in total. The molecule has 2 heterocycles. The van der Waals surface area contributed by atoms with Crippen LogP contribution < -0.4 is 0 Å². The van der Waals surface area contributed by atoms with Crippen molar-refractivity contribution >= 4 is 11.0 Å². The van der Waals surface area contributed by atoms with Crippen LogP contribution in [-0.2, 0) is 4.74 Å². The van der Waals surface area contributed by atoms with Gasteiger partial charge in [0.15, 0.2) is 0 Å². The van der Waals surface area contributed by atoms with Gasteiger partial charge in [0.25, 0.3) is 0 Å². The van der Waals surface area contributed by atoms with Gasteiger partial charge in [-0.1, -0.05) is 18.6 Å². The van der Waals surface area contributed by atoms with E-state index >= 15 is 0 Å². The summed E-state index contributed by atoms with van der Waals surface area (Å²) in [7, 11) is 0. The predicted octanol–water partition coefficient (Wildman–Crippen LogP) is 2.50. The molecule has 0 radical (unpaired) electrons. The van der Waals surface area contributed by atoms with E-state index in [0.717, 1.165) is 30.6 Å². The highest BCUT2D eigenvalue weighted by atomic mass is 16.5. The van der Waals surface area contributed by atoms with Gasteiger partial charge in [0.2, 0.25) is 0 Å². The number of aliphatic hydroxyl groups is 1. The summed E-state index contributed by atoms with van der Waals surface area (Å²) in [6, 6.07) is 7.94. The molecule has 2 atom stereocenters. The number of morpholine rings is 1. The van der Waals surface area contributed by atoms with E-state index in [2.05, 4.69) is 17.9 Å². The molecule has 0 amide bonds. The van der Waals surface area contributed by atoms with Gasteiger partial charge in [0, 0.05) is 18.5 Å². The monoisotopic (exact) mass is 275 g/mol. The minimum atomic E-state index is -0.711. The first-order valence-corrected chi connectivity index (χ1v) is 7.19. The Labute approximate surface area is 118 Å². The number of hydrogen-bond acceptors (Lipinski definition) is 4. The number of ether oxygens (including phenoxy) is 1. The lowest BCUT2D eigenvalue weighted by Gasteiger charge is -2.33. The fourth-order valence-corrected chi connectivity index (χ4v) is 2.72. The highest BCUT2D eigenvalue weighted by Gasteiger charge is 2.29. The molecule has 108 valence electrons. The molecule has 0 bridgehead atoms. The maximum Gasteiger partial charge on any atom is 0.139 e. The van der Waals surface area contributed by atoms with E-state index in [1.807, 2.05) is 25.1 Å². The Morgan fingerprint density at radius 2 is 2.25 bits per heavy atom. The van der Waals surface area contributed by atoms with Crippen LogP contribution in [0.2, 0.25) is 0 Å². The Morgan fingerprint density at radius 3 is 3.05 bits per heavy atom. The number of nitrogens with zero attached hydrogens (tertiary/aromatic N) is 1. The lowest BCUT2D eigenvalue weighted by atomic mass is 10.1. The van der Waals surface area contributed by atoms with E-state index in [1.165, 1.54) is 5.56 Å². The highest BCUT2D eigenvalue weighted by Crippen LogP contribution is 2.28. The molecule has 1 aromatic carbocycles. The fourth-order valence-electron chi connectivity index (χ4n) is 2.72. The van der Waals surface area contributed by atoms with Crippen LogP contribution >= 0.6 is 0 Å². The van der Waals surface area contributed by atoms with Gasteiger partial charge in [-0.3, -0.25) is 4.90 Å². The molecule has 0 spiro atoms. The SMILES string of the molecule is CCN1CCOC(C(O)c2cc3cc(C)ccc3o2)C1. The van der Waals surface area contributed by atoms with E-state index in [0.29, 0.717) is 12.4 Å². The molecule has 1 aromatic heterocycles. The molecule has 1 N–H and O–H groups in total. The van der Waals surface area contributed by atoms with Crippen LogP contribution in [-0.4, -0.2) is 42.4 Å². The van der Waals surface area contributed by atoms with Crippen LogP contribution in [0.15, 0.2) is 28.7 Å². The number of fused-ring (bicyclic) bond motifs is 1. The molecule has 2 aromatic rings. The smallest absolute Gasteiger partial charge is 0.139 e. The molecule has 0 aliphatic carbocycles. The van der Waals surface area contributed by atoms with Crippen molar-refractivity contribution in [3.05, 3.63) is 35.6 Å². The van der Waals surface area contributed by atoms with Gasteiger partial charge < -0.3 is 14.3 Å². The third kappa shape index (κ3) is 2.59. The number of hydrogen-bond donors (Lipinski definition) is 1. The molecule has 2 unspecified atom stereocenters. The fraction of sp³-hybridized carbons (Fsp3) is 0.500. The van der Waals surface area contributed by atoms with Crippen molar-refractivity contribution < 1.29 is 14.3 Å². The zero-order chi connectivity index (χ0) is 14.1. The van der Waals surface area contributed by atoms with Gasteiger partial charge in [-0.15, -0.1) is 0 Å². The molecule has 1 saturated heterocycles. The maximum atomic E-state index is 10.5. The lowest BCUT2D eigenvalue weighted by molar-refractivity contribution is -0.0940. The van der Waals surface area contributed by atoms with Crippen LogP contribution in [0.25, 0.3) is 11.0 Å². The molecular weight excluding hydrogens is 254 g/mol. The van der Waals surface area contributed by atoms with E-state index in [-0.39, 0.29) is 6.10 Å². The van der Waals surface area contributed by atoms with E-state index in [4.69, 9.17) is 9.15 Å². The third-order valence-electron chi connectivity index (χ3n) is 3.96. The number of furan rings is 1. The summed E-state index contributed by atoms with van der Waals surface area (Å²) in [6.45, 7) is 7.48. The van der Waals surface area contributed by atoms with Gasteiger partial charge in [0.1, 0.15) is 23.6 Å². The molecule has 4 heteroatoms. The number of benzene rings is 1. The van der Waals surface area contributed by atoms with Gasteiger partial charge in [-0.05, 0) is 31.7 Å². The van der Waals surface area contributed by atoms with Crippen LogP contribution in [0.3, 0.4) is 0 Å². The van der Waals surface area contributed by atoms with Crippen LogP contribution in [0.1, 0.15) is 24.4 Å². The first kappa shape index (κ1) is 13.6. The van der Waals surface area contributed by atoms with Crippen molar-refractivity contribution in [1.29, 1.82) is 0 Å². The van der Waals surface area contributed by atoms with Crippen LogP contribution in [0, 0.1) is 6.92 Å². The van der Waals surface area contributed by atoms with Gasteiger partial charge in [-0.2, -0.15) is 0 Å². The normalized spacial score (nSPS) is 22.2. The summed E-state index contributed by atoms with van der Waals surface area (Å²) in [5.41, 5.74) is 2.00. The molecule has 20 heavy (non-hydrogen) atoms. The van der Waals surface area contributed by atoms with Crippen molar-refractivity contribution in [3.63, 3.8) is 0 Å². The highest BCUT2D eigenvalue weighted by molar-refractivity contribution is 5.78. The second-order valence-corrected chi connectivity index (χ2v) is 5.44. The van der Waals surface area contributed by atoms with Gasteiger partial charge in [0.05, 0.1) is 6.61 Å². The first-order valence-electron chi connectivity index (χ1n) is 7.19. The maximum absolute atomic E-state index is 10.5. The zero-order valence-corrected chi connectivity index (χ0v) is 12.0. The summed E-state index contributed by atoms with van der Waals surface area (Å²) in [5, 5.41) is 11.5. The van der Waals surface area contributed by atoms with E-state index in [9.17, 15) is 5.11 Å². The Hall–Kier alpha value is -1.36. The van der Waals surface area contributed by atoms with E-state index in [1.54, 1.807) is 0 Å². The standard InChI is InChI=1S/C16H21NO3/c1-3-17-6-7-19-15(10-17)16(18)14-9-12-8-11(2)4-5-13(12)20-14/h4-5,8-9,15-16,18H,3,6-7,10H2,1-2H3. The lowest BCUT2D eigenvalue weighted by Crippen LogP contribution is -2.44. The Morgan fingerprint density at radius 1 is 1.40 bits per heavy atom. The minimum Gasteiger partial charge on any atom is -0.458 e. The zero-order valence-electron chi connectivity index (χ0n) is 12.0. The van der Waals surface area contributed by atoms with Crippen molar-refractivity contribution in [2.75, 3.05) is 26.2 Å². The van der Waals surface area contributed by atoms with Crippen molar-refractivity contribution in [3.8, 4) is 0 Å². The van der Waals surface area contributed by atoms with Crippen molar-refractivity contribution in [2.45, 2.75) is 26.1 Å². The molecular formula is C16H21NO3. The average molecular weight is 275 g/mol. The topological polar surface area (TPSA) is 45.8 Å². The number of aryl methyl sites for hydroxylation is 1. The Balaban J connectivity index is 1.82. The Kier molecular flexibility index (Phi) is 3.78. The second-order valence-electron chi connectivity index (χ2n) is 5.44. The average Bonchev–Trinajstić information content (AvgIpc) is 2.89. The number of rotatable bonds is 3. The molecule has 3 rings (SSSR count). The van der Waals surface area contributed by atoms with Crippen molar-refractivity contribution in [1.82, 2.24) is 4.90 Å². The summed E-state index contributed by atoms with van der Waals surface area (Å²) in [4.78, 5) is 2.28.